The molecule has 0 fully saturated rings. The predicted octanol–water partition coefficient (Wildman–Crippen LogP) is 1.01. The fourth-order valence-corrected chi connectivity index (χ4v) is 1.42. The quantitative estimate of drug-likeness (QED) is 0.838. The van der Waals surface area contributed by atoms with Crippen LogP contribution in [0.3, 0.4) is 0 Å². The summed E-state index contributed by atoms with van der Waals surface area (Å²) in [4.78, 5) is 21.9. The zero-order valence-electron chi connectivity index (χ0n) is 9.51. The largest absolute Gasteiger partial charge is 0.324 e. The molecule has 0 saturated heterocycles. The first-order chi connectivity index (χ1) is 9.06. The number of carbonyl (C=O) groups excluding carboxylic acids is 2. The van der Waals surface area contributed by atoms with Gasteiger partial charge in [0.25, 0.3) is 0 Å². The standard InChI is InChI=1S/C11H8F2N4O2/c12-7-1-8(13)3-9(2-7)14-11(19)5-17-4-10(6-18)15-16-17/h1-4,6H,5H2,(H,14,19). The molecule has 1 aromatic carbocycles. The van der Waals surface area contributed by atoms with Crippen molar-refractivity contribution in [2.45, 2.75) is 6.54 Å². The minimum absolute atomic E-state index is 0.00164. The molecule has 0 radical (unpaired) electrons. The van der Waals surface area contributed by atoms with Crippen LogP contribution in [0.1, 0.15) is 10.5 Å². The van der Waals surface area contributed by atoms with Gasteiger partial charge in [-0.25, -0.2) is 13.5 Å². The monoisotopic (exact) mass is 266 g/mol. The molecule has 0 unspecified atom stereocenters. The van der Waals surface area contributed by atoms with E-state index in [0.29, 0.717) is 12.4 Å². The van der Waals surface area contributed by atoms with Gasteiger partial charge in [-0.3, -0.25) is 9.59 Å². The highest BCUT2D eigenvalue weighted by atomic mass is 19.1. The predicted molar refractivity (Wildman–Crippen MR) is 60.4 cm³/mol. The van der Waals surface area contributed by atoms with E-state index < -0.39 is 17.5 Å². The minimum Gasteiger partial charge on any atom is -0.324 e. The lowest BCUT2D eigenvalue weighted by Gasteiger charge is -2.05. The summed E-state index contributed by atoms with van der Waals surface area (Å²) in [6, 6.07) is 2.67. The summed E-state index contributed by atoms with van der Waals surface area (Å²) < 4.78 is 26.9. The maximum absolute atomic E-state index is 12.9. The molecule has 0 saturated carbocycles. The van der Waals surface area contributed by atoms with E-state index in [1.165, 1.54) is 6.20 Å². The molecule has 1 amide bonds. The van der Waals surface area contributed by atoms with Gasteiger partial charge in [-0.05, 0) is 12.1 Å². The molecule has 1 heterocycles. The lowest BCUT2D eigenvalue weighted by atomic mass is 10.3. The molecule has 0 aliphatic rings. The number of benzene rings is 1. The highest BCUT2D eigenvalue weighted by Crippen LogP contribution is 2.12. The van der Waals surface area contributed by atoms with Gasteiger partial charge in [-0.15, -0.1) is 5.10 Å². The van der Waals surface area contributed by atoms with Crippen molar-refractivity contribution in [1.29, 1.82) is 0 Å². The Kier molecular flexibility index (Phi) is 3.60. The van der Waals surface area contributed by atoms with E-state index >= 15 is 0 Å². The van der Waals surface area contributed by atoms with Crippen LogP contribution in [-0.2, 0) is 11.3 Å². The van der Waals surface area contributed by atoms with Gasteiger partial charge in [0.15, 0.2) is 6.29 Å². The van der Waals surface area contributed by atoms with E-state index in [1.54, 1.807) is 0 Å². The van der Waals surface area contributed by atoms with Gasteiger partial charge in [0, 0.05) is 11.8 Å². The Morgan fingerprint density at radius 1 is 1.32 bits per heavy atom. The topological polar surface area (TPSA) is 76.9 Å². The Morgan fingerprint density at radius 3 is 2.58 bits per heavy atom. The number of aromatic nitrogens is 3. The molecular weight excluding hydrogens is 258 g/mol. The molecule has 6 nitrogen and oxygen atoms in total. The van der Waals surface area contributed by atoms with Gasteiger partial charge >= 0.3 is 0 Å². The molecule has 19 heavy (non-hydrogen) atoms. The Morgan fingerprint density at radius 2 is 2.00 bits per heavy atom. The van der Waals surface area contributed by atoms with Gasteiger partial charge in [-0.2, -0.15) is 0 Å². The molecule has 0 bridgehead atoms. The van der Waals surface area contributed by atoms with Crippen LogP contribution in [-0.4, -0.2) is 27.2 Å². The zero-order valence-corrected chi connectivity index (χ0v) is 9.51. The van der Waals surface area contributed by atoms with Crippen molar-refractivity contribution >= 4 is 17.9 Å². The summed E-state index contributed by atoms with van der Waals surface area (Å²) >= 11 is 0. The van der Waals surface area contributed by atoms with Crippen molar-refractivity contribution in [3.63, 3.8) is 0 Å². The number of halogens is 2. The summed E-state index contributed by atoms with van der Waals surface area (Å²) in [5.74, 6) is -2.13. The van der Waals surface area contributed by atoms with Crippen LogP contribution in [0.2, 0.25) is 0 Å². The van der Waals surface area contributed by atoms with E-state index in [2.05, 4.69) is 15.6 Å². The first-order valence-electron chi connectivity index (χ1n) is 5.18. The number of rotatable bonds is 4. The van der Waals surface area contributed by atoms with Crippen LogP contribution in [0, 0.1) is 11.6 Å². The zero-order chi connectivity index (χ0) is 13.8. The Hall–Kier alpha value is -2.64. The number of amides is 1. The van der Waals surface area contributed by atoms with Gasteiger partial charge in [0.05, 0.1) is 6.20 Å². The summed E-state index contributed by atoms with van der Waals surface area (Å²) in [5.41, 5.74) is 0.0860. The van der Waals surface area contributed by atoms with Crippen molar-refractivity contribution in [2.24, 2.45) is 0 Å². The van der Waals surface area contributed by atoms with E-state index in [9.17, 15) is 18.4 Å². The molecular formula is C11H8F2N4O2. The first-order valence-corrected chi connectivity index (χ1v) is 5.18. The third-order valence-electron chi connectivity index (χ3n) is 2.13. The average Bonchev–Trinajstić information content (AvgIpc) is 2.74. The van der Waals surface area contributed by atoms with Crippen LogP contribution in [0.5, 0.6) is 0 Å². The molecule has 0 aliphatic heterocycles. The Balaban J connectivity index is 2.02. The number of nitrogens with one attached hydrogen (secondary N) is 1. The van der Waals surface area contributed by atoms with E-state index in [0.717, 1.165) is 16.8 Å². The van der Waals surface area contributed by atoms with Crippen LogP contribution >= 0.6 is 0 Å². The molecule has 2 rings (SSSR count). The molecule has 8 heteroatoms. The number of carbonyl (C=O) groups is 2. The van der Waals surface area contributed by atoms with Crippen molar-refractivity contribution in [2.75, 3.05) is 5.32 Å². The maximum Gasteiger partial charge on any atom is 0.246 e. The fourth-order valence-electron chi connectivity index (χ4n) is 1.42. The lowest BCUT2D eigenvalue weighted by Crippen LogP contribution is -2.19. The Labute approximate surface area is 106 Å². The summed E-state index contributed by atoms with van der Waals surface area (Å²) in [6.45, 7) is -0.223. The smallest absolute Gasteiger partial charge is 0.246 e. The molecule has 0 atom stereocenters. The van der Waals surface area contributed by atoms with Crippen LogP contribution < -0.4 is 5.32 Å². The summed E-state index contributed by atoms with van der Waals surface area (Å²) in [6.07, 6.45) is 1.77. The first kappa shape index (κ1) is 12.8. The number of nitrogens with zero attached hydrogens (tertiary/aromatic N) is 3. The fraction of sp³-hybridized carbons (Fsp3) is 0.0909. The minimum atomic E-state index is -0.792. The third kappa shape index (κ3) is 3.41. The van der Waals surface area contributed by atoms with Crippen molar-refractivity contribution in [1.82, 2.24) is 15.0 Å². The van der Waals surface area contributed by atoms with Gasteiger partial charge in [0.2, 0.25) is 5.91 Å². The maximum atomic E-state index is 12.9. The number of hydrogen-bond acceptors (Lipinski definition) is 4. The number of anilines is 1. The molecule has 0 aliphatic carbocycles. The van der Waals surface area contributed by atoms with Gasteiger partial charge in [-0.1, -0.05) is 5.21 Å². The number of aldehydes is 1. The van der Waals surface area contributed by atoms with Gasteiger partial charge in [0.1, 0.15) is 23.9 Å². The highest BCUT2D eigenvalue weighted by Gasteiger charge is 2.08. The lowest BCUT2D eigenvalue weighted by molar-refractivity contribution is -0.116. The van der Waals surface area contributed by atoms with Crippen LogP contribution in [0.15, 0.2) is 24.4 Å². The second kappa shape index (κ2) is 5.34. The molecule has 2 aromatic rings. The summed E-state index contributed by atoms with van der Waals surface area (Å²) in [7, 11) is 0. The molecule has 0 spiro atoms. The second-order valence-corrected chi connectivity index (χ2v) is 3.67. The van der Waals surface area contributed by atoms with E-state index in [-0.39, 0.29) is 17.9 Å². The van der Waals surface area contributed by atoms with Crippen LogP contribution in [0.4, 0.5) is 14.5 Å². The normalized spacial score (nSPS) is 10.2. The number of hydrogen-bond donors (Lipinski definition) is 1. The van der Waals surface area contributed by atoms with Crippen molar-refractivity contribution in [3.8, 4) is 0 Å². The average molecular weight is 266 g/mol. The third-order valence-corrected chi connectivity index (χ3v) is 2.13. The molecule has 1 aromatic heterocycles. The van der Waals surface area contributed by atoms with Gasteiger partial charge < -0.3 is 5.32 Å². The Bertz CT molecular complexity index is 607. The molecule has 1 N–H and O–H groups in total. The molecule has 98 valence electrons. The summed E-state index contributed by atoms with van der Waals surface area (Å²) in [5, 5.41) is 9.30. The second-order valence-electron chi connectivity index (χ2n) is 3.67. The van der Waals surface area contributed by atoms with Crippen molar-refractivity contribution < 1.29 is 18.4 Å². The van der Waals surface area contributed by atoms with E-state index in [4.69, 9.17) is 0 Å². The highest BCUT2D eigenvalue weighted by molar-refractivity contribution is 5.90. The van der Waals surface area contributed by atoms with Crippen LogP contribution in [0.25, 0.3) is 0 Å². The van der Waals surface area contributed by atoms with E-state index in [1.807, 2.05) is 0 Å². The SMILES string of the molecule is O=Cc1cn(CC(=O)Nc2cc(F)cc(F)c2)nn1. The van der Waals surface area contributed by atoms with Crippen molar-refractivity contribution in [3.05, 3.63) is 41.7 Å².